The number of ether oxygens (including phenoxy) is 1. The molecule has 0 bridgehead atoms. The Kier molecular flexibility index (Phi) is 8.36. The van der Waals surface area contributed by atoms with Crippen LogP contribution in [-0.2, 0) is 6.42 Å². The normalized spacial score (nSPS) is 9.35. The number of aryl methyl sites for hydroxylation is 3. The van der Waals surface area contributed by atoms with E-state index in [2.05, 4.69) is 63.2 Å². The Balaban J connectivity index is 0.00000180. The van der Waals surface area contributed by atoms with Gasteiger partial charge >= 0.3 is 0 Å². The third-order valence-corrected chi connectivity index (χ3v) is 2.98. The zero-order valence-corrected chi connectivity index (χ0v) is 13.8. The second-order valence-corrected chi connectivity index (χ2v) is 4.91. The predicted molar refractivity (Wildman–Crippen MR) is 90.8 cm³/mol. The maximum Gasteiger partial charge on any atom is 0.119 e. The molecule has 0 saturated heterocycles. The molecule has 1 nitrogen and oxygen atoms in total. The topological polar surface area (TPSA) is 9.23 Å². The van der Waals surface area contributed by atoms with Gasteiger partial charge in [0.25, 0.3) is 0 Å². The van der Waals surface area contributed by atoms with Gasteiger partial charge in [0.05, 0.1) is 6.61 Å². The third kappa shape index (κ3) is 5.85. The SMILES string of the molecule is Cc1ccc(CCOc2cc(C)cc(C)c2)cc1.Cl.Cl. The molecule has 0 amide bonds. The molecule has 2 aromatic rings. The quantitative estimate of drug-likeness (QED) is 0.765. The molecule has 0 heterocycles. The van der Waals surface area contributed by atoms with Gasteiger partial charge in [-0.05, 0) is 49.6 Å². The summed E-state index contributed by atoms with van der Waals surface area (Å²) in [6.45, 7) is 7.03. The highest BCUT2D eigenvalue weighted by molar-refractivity contribution is 5.85. The second kappa shape index (κ2) is 8.89. The van der Waals surface area contributed by atoms with Gasteiger partial charge in [0.2, 0.25) is 0 Å². The van der Waals surface area contributed by atoms with E-state index in [0.717, 1.165) is 18.8 Å². The van der Waals surface area contributed by atoms with Gasteiger partial charge in [-0.3, -0.25) is 0 Å². The van der Waals surface area contributed by atoms with Crippen LogP contribution in [0.15, 0.2) is 42.5 Å². The third-order valence-electron chi connectivity index (χ3n) is 2.98. The fourth-order valence-corrected chi connectivity index (χ4v) is 2.06. The van der Waals surface area contributed by atoms with E-state index in [-0.39, 0.29) is 24.8 Å². The van der Waals surface area contributed by atoms with Crippen molar-refractivity contribution in [3.63, 3.8) is 0 Å². The monoisotopic (exact) mass is 312 g/mol. The summed E-state index contributed by atoms with van der Waals surface area (Å²) < 4.78 is 5.80. The molecular weight excluding hydrogens is 291 g/mol. The molecule has 3 heteroatoms. The summed E-state index contributed by atoms with van der Waals surface area (Å²) in [5, 5.41) is 0. The van der Waals surface area contributed by atoms with Crippen LogP contribution in [0.1, 0.15) is 22.3 Å². The average Bonchev–Trinajstić information content (AvgIpc) is 2.30. The van der Waals surface area contributed by atoms with E-state index >= 15 is 0 Å². The molecule has 20 heavy (non-hydrogen) atoms. The number of hydrogen-bond acceptors (Lipinski definition) is 1. The van der Waals surface area contributed by atoms with Gasteiger partial charge in [0.1, 0.15) is 5.75 Å². The van der Waals surface area contributed by atoms with E-state index in [0.29, 0.717) is 0 Å². The second-order valence-electron chi connectivity index (χ2n) is 4.91. The van der Waals surface area contributed by atoms with Crippen LogP contribution in [0.5, 0.6) is 5.75 Å². The van der Waals surface area contributed by atoms with Gasteiger partial charge in [-0.2, -0.15) is 0 Å². The summed E-state index contributed by atoms with van der Waals surface area (Å²) in [5.41, 5.74) is 5.12. The number of rotatable bonds is 4. The van der Waals surface area contributed by atoms with Crippen molar-refractivity contribution in [3.05, 3.63) is 64.7 Å². The molecule has 0 atom stereocenters. The summed E-state index contributed by atoms with van der Waals surface area (Å²) in [7, 11) is 0. The zero-order chi connectivity index (χ0) is 13.0. The Labute approximate surface area is 134 Å². The van der Waals surface area contributed by atoms with Gasteiger partial charge in [-0.15, -0.1) is 24.8 Å². The van der Waals surface area contributed by atoms with Gasteiger partial charge < -0.3 is 4.74 Å². The number of benzene rings is 2. The molecule has 0 spiro atoms. The zero-order valence-electron chi connectivity index (χ0n) is 12.2. The van der Waals surface area contributed by atoms with Crippen molar-refractivity contribution >= 4 is 24.8 Å². The Bertz CT molecular complexity index is 501. The first-order valence-electron chi connectivity index (χ1n) is 6.40. The van der Waals surface area contributed by atoms with Gasteiger partial charge in [0, 0.05) is 6.42 Å². The van der Waals surface area contributed by atoms with E-state index in [1.165, 1.54) is 22.3 Å². The highest BCUT2D eigenvalue weighted by atomic mass is 35.5. The molecule has 0 aliphatic carbocycles. The van der Waals surface area contributed by atoms with E-state index in [1.54, 1.807) is 0 Å². The van der Waals surface area contributed by atoms with Crippen LogP contribution in [0, 0.1) is 20.8 Å². The van der Waals surface area contributed by atoms with E-state index < -0.39 is 0 Å². The summed E-state index contributed by atoms with van der Waals surface area (Å²) in [5.74, 6) is 0.972. The fraction of sp³-hybridized carbons (Fsp3) is 0.294. The lowest BCUT2D eigenvalue weighted by molar-refractivity contribution is 0.321. The molecule has 0 unspecified atom stereocenters. The molecule has 2 rings (SSSR count). The van der Waals surface area contributed by atoms with Gasteiger partial charge in [-0.25, -0.2) is 0 Å². The van der Waals surface area contributed by atoms with Crippen LogP contribution < -0.4 is 4.74 Å². The Morgan fingerprint density at radius 1 is 0.750 bits per heavy atom. The summed E-state index contributed by atoms with van der Waals surface area (Å²) >= 11 is 0. The molecule has 0 aromatic heterocycles. The minimum atomic E-state index is 0. The largest absolute Gasteiger partial charge is 0.493 e. The Hall–Kier alpha value is -1.18. The summed E-state index contributed by atoms with van der Waals surface area (Å²) in [4.78, 5) is 0. The number of halogens is 2. The molecule has 0 aliphatic heterocycles. The number of hydrogen-bond donors (Lipinski definition) is 0. The molecule has 0 fully saturated rings. The predicted octanol–water partition coefficient (Wildman–Crippen LogP) is 5.08. The fourth-order valence-electron chi connectivity index (χ4n) is 2.06. The van der Waals surface area contributed by atoms with E-state index in [4.69, 9.17) is 4.74 Å². The highest BCUT2D eigenvalue weighted by Gasteiger charge is 1.98. The standard InChI is InChI=1S/C17H20O.2ClH/c1-13-4-6-16(7-5-13)8-9-18-17-11-14(2)10-15(3)12-17;;/h4-7,10-12H,8-9H2,1-3H3;2*1H. The van der Waals surface area contributed by atoms with Crippen LogP contribution in [0.4, 0.5) is 0 Å². The highest BCUT2D eigenvalue weighted by Crippen LogP contribution is 2.16. The van der Waals surface area contributed by atoms with Crippen molar-refractivity contribution in [2.45, 2.75) is 27.2 Å². The van der Waals surface area contributed by atoms with E-state index in [1.807, 2.05) is 0 Å². The van der Waals surface area contributed by atoms with Crippen LogP contribution in [0.3, 0.4) is 0 Å². The molecule has 0 aliphatic rings. The van der Waals surface area contributed by atoms with Crippen LogP contribution in [-0.4, -0.2) is 6.61 Å². The van der Waals surface area contributed by atoms with Gasteiger partial charge in [0.15, 0.2) is 0 Å². The van der Waals surface area contributed by atoms with Crippen LogP contribution in [0.25, 0.3) is 0 Å². The lowest BCUT2D eigenvalue weighted by atomic mass is 10.1. The van der Waals surface area contributed by atoms with Crippen molar-refractivity contribution in [2.75, 3.05) is 6.61 Å². The summed E-state index contributed by atoms with van der Waals surface area (Å²) in [6, 6.07) is 15.0. The van der Waals surface area contributed by atoms with Crippen molar-refractivity contribution in [1.82, 2.24) is 0 Å². The van der Waals surface area contributed by atoms with Crippen molar-refractivity contribution in [2.24, 2.45) is 0 Å². The van der Waals surface area contributed by atoms with Crippen molar-refractivity contribution in [1.29, 1.82) is 0 Å². The maximum atomic E-state index is 5.80. The molecule has 110 valence electrons. The smallest absolute Gasteiger partial charge is 0.119 e. The Morgan fingerprint density at radius 2 is 1.30 bits per heavy atom. The average molecular weight is 313 g/mol. The van der Waals surface area contributed by atoms with Gasteiger partial charge in [-0.1, -0.05) is 35.9 Å². The molecule has 0 N–H and O–H groups in total. The molecular formula is C17H22Cl2O. The minimum Gasteiger partial charge on any atom is -0.493 e. The van der Waals surface area contributed by atoms with Crippen LogP contribution in [0.2, 0.25) is 0 Å². The maximum absolute atomic E-state index is 5.80. The lowest BCUT2D eigenvalue weighted by Crippen LogP contribution is -2.01. The van der Waals surface area contributed by atoms with Crippen molar-refractivity contribution < 1.29 is 4.74 Å². The molecule has 0 radical (unpaired) electrons. The molecule has 2 aromatic carbocycles. The minimum absolute atomic E-state index is 0. The van der Waals surface area contributed by atoms with Crippen LogP contribution >= 0.6 is 24.8 Å². The first kappa shape index (κ1) is 18.8. The van der Waals surface area contributed by atoms with Crippen molar-refractivity contribution in [3.8, 4) is 5.75 Å². The summed E-state index contributed by atoms with van der Waals surface area (Å²) in [6.07, 6.45) is 0.952. The lowest BCUT2D eigenvalue weighted by Gasteiger charge is -2.08. The molecule has 0 saturated carbocycles. The first-order valence-corrected chi connectivity index (χ1v) is 6.40. The van der Waals surface area contributed by atoms with E-state index in [9.17, 15) is 0 Å². The first-order chi connectivity index (χ1) is 8.63. The Morgan fingerprint density at radius 3 is 1.85 bits per heavy atom.